The fourth-order valence-corrected chi connectivity index (χ4v) is 3.93. The molecule has 0 unspecified atom stereocenters. The van der Waals surface area contributed by atoms with Crippen molar-refractivity contribution in [3.05, 3.63) is 24.3 Å². The number of benzene rings is 1. The monoisotopic (exact) mass is 312 g/mol. The van der Waals surface area contributed by atoms with Gasteiger partial charge < -0.3 is 15.4 Å². The molecule has 1 aromatic carbocycles. The van der Waals surface area contributed by atoms with E-state index in [0.29, 0.717) is 18.8 Å². The number of hydrogen-bond acceptors (Lipinski definition) is 5. The number of nitrogens with one attached hydrogen (secondary N) is 2. The number of para-hydroxylation sites is 2. The van der Waals surface area contributed by atoms with Crippen molar-refractivity contribution in [1.29, 1.82) is 0 Å². The SMILES string of the molecule is CCOc1ccccc1NCC(=O)N[C@H]1CCS(=O)(=O)C1. The van der Waals surface area contributed by atoms with E-state index in [4.69, 9.17) is 4.74 Å². The Kier molecular flexibility index (Phi) is 5.06. The summed E-state index contributed by atoms with van der Waals surface area (Å²) < 4.78 is 28.1. The quantitative estimate of drug-likeness (QED) is 0.812. The average Bonchev–Trinajstić information content (AvgIpc) is 2.77. The second-order valence-electron chi connectivity index (χ2n) is 4.95. The van der Waals surface area contributed by atoms with Crippen LogP contribution in [-0.4, -0.2) is 45.0 Å². The van der Waals surface area contributed by atoms with Crippen molar-refractivity contribution in [3.63, 3.8) is 0 Å². The molecule has 0 spiro atoms. The average molecular weight is 312 g/mol. The third kappa shape index (κ3) is 4.63. The highest BCUT2D eigenvalue weighted by Crippen LogP contribution is 2.23. The Morgan fingerprint density at radius 1 is 1.38 bits per heavy atom. The van der Waals surface area contributed by atoms with Crippen LogP contribution in [0.5, 0.6) is 5.75 Å². The molecule has 1 aliphatic rings. The van der Waals surface area contributed by atoms with Gasteiger partial charge in [-0.05, 0) is 25.5 Å². The highest BCUT2D eigenvalue weighted by molar-refractivity contribution is 7.91. The Morgan fingerprint density at radius 2 is 2.14 bits per heavy atom. The molecule has 1 heterocycles. The third-order valence-corrected chi connectivity index (χ3v) is 4.99. The highest BCUT2D eigenvalue weighted by atomic mass is 32.2. The summed E-state index contributed by atoms with van der Waals surface area (Å²) in [5.41, 5.74) is 0.744. The molecule has 1 aliphatic heterocycles. The van der Waals surface area contributed by atoms with Crippen LogP contribution in [-0.2, 0) is 14.6 Å². The molecule has 1 amide bonds. The van der Waals surface area contributed by atoms with Crippen LogP contribution in [0.3, 0.4) is 0 Å². The van der Waals surface area contributed by atoms with E-state index in [2.05, 4.69) is 10.6 Å². The molecule has 21 heavy (non-hydrogen) atoms. The van der Waals surface area contributed by atoms with Gasteiger partial charge >= 0.3 is 0 Å². The van der Waals surface area contributed by atoms with E-state index in [-0.39, 0.29) is 30.0 Å². The lowest BCUT2D eigenvalue weighted by atomic mass is 10.2. The summed E-state index contributed by atoms with van der Waals surface area (Å²) in [6.07, 6.45) is 0.490. The van der Waals surface area contributed by atoms with Crippen molar-refractivity contribution in [2.75, 3.05) is 30.0 Å². The maximum atomic E-state index is 11.8. The van der Waals surface area contributed by atoms with Gasteiger partial charge in [0.15, 0.2) is 9.84 Å². The minimum absolute atomic E-state index is 0.0360. The van der Waals surface area contributed by atoms with Crippen LogP contribution in [0, 0.1) is 0 Å². The zero-order chi connectivity index (χ0) is 15.3. The zero-order valence-corrected chi connectivity index (χ0v) is 12.8. The molecule has 1 aromatic rings. The molecule has 2 rings (SSSR count). The van der Waals surface area contributed by atoms with Crippen LogP contribution in [0.1, 0.15) is 13.3 Å². The highest BCUT2D eigenvalue weighted by Gasteiger charge is 2.28. The van der Waals surface area contributed by atoms with Gasteiger partial charge in [-0.2, -0.15) is 0 Å². The number of carbonyl (C=O) groups excluding carboxylic acids is 1. The number of rotatable bonds is 6. The molecule has 0 aliphatic carbocycles. The van der Waals surface area contributed by atoms with Crippen molar-refractivity contribution in [2.24, 2.45) is 0 Å². The maximum Gasteiger partial charge on any atom is 0.239 e. The van der Waals surface area contributed by atoms with Gasteiger partial charge in [-0.1, -0.05) is 12.1 Å². The van der Waals surface area contributed by atoms with Crippen LogP contribution < -0.4 is 15.4 Å². The predicted molar refractivity (Wildman–Crippen MR) is 81.3 cm³/mol. The van der Waals surface area contributed by atoms with E-state index < -0.39 is 9.84 Å². The molecular weight excluding hydrogens is 292 g/mol. The molecule has 1 saturated heterocycles. The van der Waals surface area contributed by atoms with Crippen molar-refractivity contribution >= 4 is 21.4 Å². The zero-order valence-electron chi connectivity index (χ0n) is 12.0. The first-order valence-corrected chi connectivity index (χ1v) is 8.78. The first kappa shape index (κ1) is 15.6. The molecule has 0 radical (unpaired) electrons. The van der Waals surface area contributed by atoms with Gasteiger partial charge in [0, 0.05) is 6.04 Å². The van der Waals surface area contributed by atoms with Crippen molar-refractivity contribution < 1.29 is 17.9 Å². The van der Waals surface area contributed by atoms with Crippen molar-refractivity contribution in [3.8, 4) is 5.75 Å². The Bertz CT molecular complexity index is 601. The number of carbonyl (C=O) groups is 1. The van der Waals surface area contributed by atoms with Gasteiger partial charge in [-0.3, -0.25) is 4.79 Å². The van der Waals surface area contributed by atoms with Crippen LogP contribution in [0.2, 0.25) is 0 Å². The Labute approximate surface area is 124 Å². The first-order chi connectivity index (χ1) is 10.00. The van der Waals surface area contributed by atoms with E-state index in [1.165, 1.54) is 0 Å². The number of sulfone groups is 1. The second kappa shape index (κ2) is 6.80. The summed E-state index contributed by atoms with van der Waals surface area (Å²) in [5.74, 6) is 0.659. The lowest BCUT2D eigenvalue weighted by molar-refractivity contribution is -0.119. The van der Waals surface area contributed by atoms with Gasteiger partial charge in [0.1, 0.15) is 5.75 Å². The van der Waals surface area contributed by atoms with Crippen molar-refractivity contribution in [2.45, 2.75) is 19.4 Å². The van der Waals surface area contributed by atoms with E-state index >= 15 is 0 Å². The molecule has 0 saturated carbocycles. The largest absolute Gasteiger partial charge is 0.492 e. The van der Waals surface area contributed by atoms with E-state index in [9.17, 15) is 13.2 Å². The summed E-state index contributed by atoms with van der Waals surface area (Å²) >= 11 is 0. The molecule has 2 N–H and O–H groups in total. The van der Waals surface area contributed by atoms with Crippen molar-refractivity contribution in [1.82, 2.24) is 5.32 Å². The molecule has 0 aromatic heterocycles. The topological polar surface area (TPSA) is 84.5 Å². The summed E-state index contributed by atoms with van der Waals surface area (Å²) in [6, 6.07) is 7.10. The van der Waals surface area contributed by atoms with Gasteiger partial charge in [0.25, 0.3) is 0 Å². The van der Waals surface area contributed by atoms with Gasteiger partial charge in [-0.25, -0.2) is 8.42 Å². The summed E-state index contributed by atoms with van der Waals surface area (Å²) in [5, 5.41) is 5.74. The lowest BCUT2D eigenvalue weighted by Gasteiger charge is -2.14. The standard InChI is InChI=1S/C14H20N2O4S/c1-2-20-13-6-4-3-5-12(13)15-9-14(17)16-11-7-8-21(18,19)10-11/h3-6,11,15H,2,7-10H2,1H3,(H,16,17)/t11-/m0/s1. The fourth-order valence-electron chi connectivity index (χ4n) is 2.26. The maximum absolute atomic E-state index is 11.8. The van der Waals surface area contributed by atoms with Gasteiger partial charge in [0.2, 0.25) is 5.91 Å². The normalized spacial score (nSPS) is 20.0. The fraction of sp³-hybridized carbons (Fsp3) is 0.500. The molecule has 6 nitrogen and oxygen atoms in total. The van der Waals surface area contributed by atoms with E-state index in [1.807, 2.05) is 31.2 Å². The number of ether oxygens (including phenoxy) is 1. The summed E-state index contributed by atoms with van der Waals surface area (Å²) in [4.78, 5) is 11.8. The number of amides is 1. The number of anilines is 1. The summed E-state index contributed by atoms with van der Waals surface area (Å²) in [7, 11) is -2.98. The lowest BCUT2D eigenvalue weighted by Crippen LogP contribution is -2.39. The Balaban J connectivity index is 1.84. The smallest absolute Gasteiger partial charge is 0.239 e. The predicted octanol–water partition coefficient (Wildman–Crippen LogP) is 0.800. The number of hydrogen-bond donors (Lipinski definition) is 2. The van der Waals surface area contributed by atoms with Crippen LogP contribution in [0.4, 0.5) is 5.69 Å². The Hall–Kier alpha value is -1.76. The van der Waals surface area contributed by atoms with Gasteiger partial charge in [0.05, 0.1) is 30.3 Å². The van der Waals surface area contributed by atoms with Crippen LogP contribution in [0.25, 0.3) is 0 Å². The third-order valence-electron chi connectivity index (χ3n) is 3.22. The Morgan fingerprint density at radius 3 is 2.81 bits per heavy atom. The molecular formula is C14H20N2O4S. The molecule has 7 heteroatoms. The van der Waals surface area contributed by atoms with E-state index in [0.717, 1.165) is 5.69 Å². The minimum Gasteiger partial charge on any atom is -0.492 e. The van der Waals surface area contributed by atoms with Crippen LogP contribution in [0.15, 0.2) is 24.3 Å². The van der Waals surface area contributed by atoms with Gasteiger partial charge in [-0.15, -0.1) is 0 Å². The minimum atomic E-state index is -2.98. The summed E-state index contributed by atoms with van der Waals surface area (Å²) in [6.45, 7) is 2.52. The molecule has 1 fully saturated rings. The molecule has 0 bridgehead atoms. The van der Waals surface area contributed by atoms with Crippen LogP contribution >= 0.6 is 0 Å². The molecule has 116 valence electrons. The first-order valence-electron chi connectivity index (χ1n) is 6.95. The second-order valence-corrected chi connectivity index (χ2v) is 7.18. The van der Waals surface area contributed by atoms with E-state index in [1.54, 1.807) is 0 Å². The molecule has 1 atom stereocenters.